The third kappa shape index (κ3) is 2.19. The quantitative estimate of drug-likeness (QED) is 0.492. The average molecular weight is 226 g/mol. The van der Waals surface area contributed by atoms with E-state index in [1.807, 2.05) is 0 Å². The molecule has 0 saturated carbocycles. The van der Waals surface area contributed by atoms with Crippen molar-refractivity contribution in [3.05, 3.63) is 35.1 Å². The summed E-state index contributed by atoms with van der Waals surface area (Å²) in [5, 5.41) is 9.09. The topological polar surface area (TPSA) is 20.2 Å². The lowest BCUT2D eigenvalue weighted by Gasteiger charge is -2.08. The molecule has 0 aromatic carbocycles. The largest absolute Gasteiger partial charge is 0.512 e. The highest BCUT2D eigenvalue weighted by atomic mass is 35.6. The third-order valence-corrected chi connectivity index (χ3v) is 2.15. The van der Waals surface area contributed by atoms with Crippen LogP contribution in [0.1, 0.15) is 6.92 Å². The Kier molecular flexibility index (Phi) is 2.77. The molecule has 0 unspecified atom stereocenters. The van der Waals surface area contributed by atoms with Gasteiger partial charge in [-0.3, -0.25) is 0 Å². The van der Waals surface area contributed by atoms with Crippen LogP contribution in [0.5, 0.6) is 0 Å². The fraction of sp³-hybridized carbons (Fsp3) is 0.250. The SMILES string of the molecule is CC(O)=C1C=CC(C(Cl)(Cl)Cl)=C1. The molecule has 0 radical (unpaired) electrons. The monoisotopic (exact) mass is 224 g/mol. The van der Waals surface area contributed by atoms with E-state index in [1.54, 1.807) is 25.2 Å². The first-order chi connectivity index (χ1) is 5.41. The van der Waals surface area contributed by atoms with Crippen LogP contribution in [-0.2, 0) is 0 Å². The molecular formula is C8H7Cl3O. The van der Waals surface area contributed by atoms with Gasteiger partial charge >= 0.3 is 0 Å². The molecule has 66 valence electrons. The van der Waals surface area contributed by atoms with E-state index in [1.165, 1.54) is 0 Å². The van der Waals surface area contributed by atoms with Crippen molar-refractivity contribution >= 4 is 34.8 Å². The van der Waals surface area contributed by atoms with Crippen molar-refractivity contribution in [2.75, 3.05) is 0 Å². The first-order valence-corrected chi connectivity index (χ1v) is 4.41. The lowest BCUT2D eigenvalue weighted by molar-refractivity contribution is 0.411. The van der Waals surface area contributed by atoms with Gasteiger partial charge in [0.15, 0.2) is 0 Å². The maximum absolute atomic E-state index is 9.09. The summed E-state index contributed by atoms with van der Waals surface area (Å²) in [6, 6.07) is 0. The Morgan fingerprint density at radius 1 is 1.33 bits per heavy atom. The Labute approximate surface area is 85.9 Å². The number of rotatable bonds is 0. The van der Waals surface area contributed by atoms with Crippen molar-refractivity contribution in [2.45, 2.75) is 10.7 Å². The van der Waals surface area contributed by atoms with Gasteiger partial charge < -0.3 is 5.11 Å². The van der Waals surface area contributed by atoms with Crippen LogP contribution in [0.15, 0.2) is 35.1 Å². The predicted molar refractivity (Wildman–Crippen MR) is 52.8 cm³/mol. The molecule has 1 aliphatic rings. The lowest BCUT2D eigenvalue weighted by atomic mass is 10.2. The summed E-state index contributed by atoms with van der Waals surface area (Å²) in [4.78, 5) is 0. The molecule has 1 aliphatic carbocycles. The summed E-state index contributed by atoms with van der Waals surface area (Å²) in [6.07, 6.45) is 5.01. The lowest BCUT2D eigenvalue weighted by Crippen LogP contribution is -2.02. The highest BCUT2D eigenvalue weighted by Gasteiger charge is 2.26. The first kappa shape index (κ1) is 9.97. The van der Waals surface area contributed by atoms with Crippen molar-refractivity contribution in [1.29, 1.82) is 0 Å². The first-order valence-electron chi connectivity index (χ1n) is 3.28. The van der Waals surface area contributed by atoms with Crippen LogP contribution in [0.3, 0.4) is 0 Å². The van der Waals surface area contributed by atoms with Gasteiger partial charge in [-0.15, -0.1) is 0 Å². The van der Waals surface area contributed by atoms with Crippen LogP contribution in [0, 0.1) is 0 Å². The summed E-state index contributed by atoms with van der Waals surface area (Å²) < 4.78 is -1.41. The molecule has 0 spiro atoms. The number of hydrogen-bond donors (Lipinski definition) is 1. The Bertz CT molecular complexity index is 277. The van der Waals surface area contributed by atoms with Gasteiger partial charge in [0.2, 0.25) is 3.79 Å². The number of halogens is 3. The number of hydrogen-bond acceptors (Lipinski definition) is 1. The molecule has 1 rings (SSSR count). The highest BCUT2D eigenvalue weighted by molar-refractivity contribution is 6.69. The zero-order valence-corrected chi connectivity index (χ0v) is 8.58. The molecule has 1 nitrogen and oxygen atoms in total. The van der Waals surface area contributed by atoms with Crippen molar-refractivity contribution in [3.63, 3.8) is 0 Å². The van der Waals surface area contributed by atoms with E-state index in [0.717, 1.165) is 0 Å². The van der Waals surface area contributed by atoms with E-state index in [0.29, 0.717) is 11.1 Å². The minimum atomic E-state index is -1.41. The van der Waals surface area contributed by atoms with Crippen LogP contribution in [-0.4, -0.2) is 8.90 Å². The van der Waals surface area contributed by atoms with Crippen LogP contribution in [0.4, 0.5) is 0 Å². The van der Waals surface area contributed by atoms with Crippen molar-refractivity contribution in [3.8, 4) is 0 Å². The second-order valence-corrected chi connectivity index (χ2v) is 4.75. The number of aliphatic hydroxyl groups is 1. The summed E-state index contributed by atoms with van der Waals surface area (Å²) in [5.74, 6) is 0.218. The summed E-state index contributed by atoms with van der Waals surface area (Å²) >= 11 is 16.8. The standard InChI is InChI=1S/C8H7Cl3O/c1-5(12)6-2-3-7(4-6)8(9,10)11/h2-4,12H,1H3. The number of aliphatic hydroxyl groups excluding tert-OH is 1. The van der Waals surface area contributed by atoms with E-state index >= 15 is 0 Å². The van der Waals surface area contributed by atoms with E-state index in [4.69, 9.17) is 39.9 Å². The van der Waals surface area contributed by atoms with Gasteiger partial charge in [-0.25, -0.2) is 0 Å². The smallest absolute Gasteiger partial charge is 0.216 e. The molecule has 0 aromatic heterocycles. The number of allylic oxidation sites excluding steroid dienone is 6. The van der Waals surface area contributed by atoms with Gasteiger partial charge in [-0.1, -0.05) is 47.0 Å². The Balaban J connectivity index is 2.97. The van der Waals surface area contributed by atoms with Crippen LogP contribution in [0.2, 0.25) is 0 Å². The molecule has 1 N–H and O–H groups in total. The molecule has 12 heavy (non-hydrogen) atoms. The summed E-state index contributed by atoms with van der Waals surface area (Å²) in [6.45, 7) is 1.58. The Morgan fingerprint density at radius 3 is 2.17 bits per heavy atom. The Hall–Kier alpha value is -0.110. The van der Waals surface area contributed by atoms with E-state index < -0.39 is 3.79 Å². The minimum Gasteiger partial charge on any atom is -0.512 e. The molecule has 0 amide bonds. The van der Waals surface area contributed by atoms with Crippen molar-refractivity contribution in [2.24, 2.45) is 0 Å². The van der Waals surface area contributed by atoms with Gasteiger partial charge in [0.1, 0.15) is 0 Å². The zero-order chi connectivity index (χ0) is 9.35. The van der Waals surface area contributed by atoms with Gasteiger partial charge in [-0.2, -0.15) is 0 Å². The van der Waals surface area contributed by atoms with Crippen LogP contribution < -0.4 is 0 Å². The van der Waals surface area contributed by atoms with Gasteiger partial charge in [-0.05, 0) is 13.0 Å². The summed E-state index contributed by atoms with van der Waals surface area (Å²) in [5.41, 5.74) is 1.24. The van der Waals surface area contributed by atoms with E-state index in [-0.39, 0.29) is 5.76 Å². The average Bonchev–Trinajstić information content (AvgIpc) is 2.30. The molecule has 0 aliphatic heterocycles. The normalized spacial score (nSPS) is 21.2. The zero-order valence-electron chi connectivity index (χ0n) is 6.31. The van der Waals surface area contributed by atoms with Crippen LogP contribution >= 0.6 is 34.8 Å². The molecule has 0 aromatic rings. The van der Waals surface area contributed by atoms with Gasteiger partial charge in [0.25, 0.3) is 0 Å². The molecular weight excluding hydrogens is 218 g/mol. The molecule has 0 saturated heterocycles. The van der Waals surface area contributed by atoms with Gasteiger partial charge in [0, 0.05) is 11.1 Å². The molecule has 4 heteroatoms. The van der Waals surface area contributed by atoms with Crippen molar-refractivity contribution in [1.82, 2.24) is 0 Å². The fourth-order valence-electron chi connectivity index (χ4n) is 0.845. The molecule has 0 bridgehead atoms. The minimum absolute atomic E-state index is 0.218. The van der Waals surface area contributed by atoms with E-state index in [2.05, 4.69) is 0 Å². The second-order valence-electron chi connectivity index (χ2n) is 2.47. The molecule has 0 fully saturated rings. The maximum atomic E-state index is 9.09. The highest BCUT2D eigenvalue weighted by Crippen LogP contribution is 2.38. The fourth-order valence-corrected chi connectivity index (χ4v) is 1.20. The summed E-state index contributed by atoms with van der Waals surface area (Å²) in [7, 11) is 0. The maximum Gasteiger partial charge on any atom is 0.216 e. The Morgan fingerprint density at radius 2 is 1.92 bits per heavy atom. The third-order valence-electron chi connectivity index (χ3n) is 1.50. The predicted octanol–water partition coefficient (Wildman–Crippen LogP) is 3.68. The molecule has 0 heterocycles. The van der Waals surface area contributed by atoms with Gasteiger partial charge in [0.05, 0.1) is 5.76 Å². The van der Waals surface area contributed by atoms with E-state index in [9.17, 15) is 0 Å². The number of alkyl halides is 3. The van der Waals surface area contributed by atoms with Crippen LogP contribution in [0.25, 0.3) is 0 Å². The second kappa shape index (κ2) is 3.33. The van der Waals surface area contributed by atoms with Crippen molar-refractivity contribution < 1.29 is 5.11 Å². The molecule has 0 atom stereocenters.